The summed E-state index contributed by atoms with van der Waals surface area (Å²) in [6.45, 7) is 0. The van der Waals surface area contributed by atoms with E-state index in [4.69, 9.17) is 4.74 Å². The number of anilines is 1. The number of rotatable bonds is 4. The molecule has 0 bridgehead atoms. The monoisotopic (exact) mass is 373 g/mol. The molecule has 0 saturated heterocycles. The number of hydrogen-bond donors (Lipinski definition) is 2. The van der Waals surface area contributed by atoms with Crippen LogP contribution in [0.1, 0.15) is 32.1 Å². The molecule has 1 fully saturated rings. The molecule has 1 saturated carbocycles. The molecule has 142 valence electrons. The Morgan fingerprint density at radius 2 is 1.86 bits per heavy atom. The minimum absolute atomic E-state index is 0.491. The van der Waals surface area contributed by atoms with E-state index in [-0.39, 0.29) is 0 Å². The summed E-state index contributed by atoms with van der Waals surface area (Å²) in [6.07, 6.45) is 9.80. The van der Waals surface area contributed by atoms with Crippen LogP contribution in [0.4, 0.5) is 5.82 Å². The highest BCUT2D eigenvalue weighted by Gasteiger charge is 2.17. The third-order valence-corrected chi connectivity index (χ3v) is 5.61. The molecule has 3 aromatic heterocycles. The first-order valence-corrected chi connectivity index (χ1v) is 9.85. The number of hydrogen-bond acceptors (Lipinski definition) is 5. The third kappa shape index (κ3) is 3.05. The van der Waals surface area contributed by atoms with Crippen molar-refractivity contribution in [3.05, 3.63) is 42.9 Å². The highest BCUT2D eigenvalue weighted by Crippen LogP contribution is 2.33. The van der Waals surface area contributed by atoms with Gasteiger partial charge >= 0.3 is 0 Å². The number of benzene rings is 1. The Kier molecular flexibility index (Phi) is 4.31. The van der Waals surface area contributed by atoms with Gasteiger partial charge in [-0.15, -0.1) is 0 Å². The van der Waals surface area contributed by atoms with Crippen LogP contribution < -0.4 is 10.1 Å². The van der Waals surface area contributed by atoms with E-state index < -0.39 is 0 Å². The molecule has 0 aliphatic heterocycles. The van der Waals surface area contributed by atoms with Crippen molar-refractivity contribution >= 4 is 27.8 Å². The minimum atomic E-state index is 0.491. The van der Waals surface area contributed by atoms with Crippen LogP contribution in [0, 0.1) is 0 Å². The number of methoxy groups -OCH3 is 1. The molecule has 0 amide bonds. The first-order valence-electron chi connectivity index (χ1n) is 9.85. The zero-order valence-electron chi connectivity index (χ0n) is 15.9. The fraction of sp³-hybridized carbons (Fsp3) is 0.318. The van der Waals surface area contributed by atoms with Crippen molar-refractivity contribution in [1.29, 1.82) is 0 Å². The van der Waals surface area contributed by atoms with Crippen LogP contribution >= 0.6 is 0 Å². The smallest absolute Gasteiger partial charge is 0.212 e. The van der Waals surface area contributed by atoms with Gasteiger partial charge in [0, 0.05) is 34.8 Å². The van der Waals surface area contributed by atoms with Crippen LogP contribution in [0.2, 0.25) is 0 Å². The van der Waals surface area contributed by atoms with Crippen LogP contribution in [0.5, 0.6) is 5.88 Å². The first-order chi connectivity index (χ1) is 13.8. The van der Waals surface area contributed by atoms with Crippen LogP contribution in [0.25, 0.3) is 33.1 Å². The molecule has 5 rings (SSSR count). The summed E-state index contributed by atoms with van der Waals surface area (Å²) >= 11 is 0. The number of nitrogens with zero attached hydrogens (tertiary/aromatic N) is 3. The van der Waals surface area contributed by atoms with Crippen molar-refractivity contribution in [2.45, 2.75) is 38.1 Å². The molecule has 0 spiro atoms. The number of aromatic nitrogens is 4. The second-order valence-corrected chi connectivity index (χ2v) is 7.40. The van der Waals surface area contributed by atoms with Gasteiger partial charge in [-0.3, -0.25) is 0 Å². The third-order valence-electron chi connectivity index (χ3n) is 5.61. The summed E-state index contributed by atoms with van der Waals surface area (Å²) in [4.78, 5) is 16.8. The number of aromatic amines is 1. The summed E-state index contributed by atoms with van der Waals surface area (Å²) in [6, 6.07) is 10.8. The van der Waals surface area contributed by atoms with Crippen molar-refractivity contribution in [2.24, 2.45) is 0 Å². The molecular weight excluding hydrogens is 350 g/mol. The van der Waals surface area contributed by atoms with E-state index in [0.717, 1.165) is 38.9 Å². The summed E-state index contributed by atoms with van der Waals surface area (Å²) in [5.74, 6) is 1.54. The topological polar surface area (TPSA) is 75.7 Å². The highest BCUT2D eigenvalue weighted by atomic mass is 16.5. The Bertz CT molecular complexity index is 1110. The lowest BCUT2D eigenvalue weighted by atomic mass is 9.95. The molecule has 2 N–H and O–H groups in total. The maximum absolute atomic E-state index is 5.17. The lowest BCUT2D eigenvalue weighted by Gasteiger charge is -2.23. The average molecular weight is 373 g/mol. The lowest BCUT2D eigenvalue weighted by Crippen LogP contribution is -2.22. The standard InChI is InChI=1S/C22H23N5O/c1-28-19-10-8-15(12-23-19)14-7-9-18-17(11-14)20-21(24-13-25-22(20)27-18)26-16-5-3-2-4-6-16/h7-13,16H,2-6H2,1H3,(H2,24,25,26,27). The van der Waals surface area contributed by atoms with E-state index in [1.165, 1.54) is 32.1 Å². The lowest BCUT2D eigenvalue weighted by molar-refractivity contribution is 0.398. The zero-order valence-corrected chi connectivity index (χ0v) is 15.9. The van der Waals surface area contributed by atoms with E-state index >= 15 is 0 Å². The van der Waals surface area contributed by atoms with E-state index in [2.05, 4.69) is 43.5 Å². The van der Waals surface area contributed by atoms with Crippen molar-refractivity contribution in [3.8, 4) is 17.0 Å². The van der Waals surface area contributed by atoms with Crippen LogP contribution in [-0.2, 0) is 0 Å². The Morgan fingerprint density at radius 1 is 1.00 bits per heavy atom. The normalized spacial score (nSPS) is 15.2. The van der Waals surface area contributed by atoms with E-state index in [0.29, 0.717) is 11.9 Å². The molecule has 6 nitrogen and oxygen atoms in total. The predicted octanol–water partition coefficient (Wildman–Crippen LogP) is 4.93. The molecular formula is C22H23N5O. The summed E-state index contributed by atoms with van der Waals surface area (Å²) < 4.78 is 5.17. The summed E-state index contributed by atoms with van der Waals surface area (Å²) in [7, 11) is 1.63. The second kappa shape index (κ2) is 7.11. The molecule has 0 unspecified atom stereocenters. The number of nitrogens with one attached hydrogen (secondary N) is 2. The maximum Gasteiger partial charge on any atom is 0.212 e. The fourth-order valence-electron chi connectivity index (χ4n) is 4.12. The zero-order chi connectivity index (χ0) is 18.9. The van der Waals surface area contributed by atoms with Crippen molar-refractivity contribution in [1.82, 2.24) is 19.9 Å². The molecule has 28 heavy (non-hydrogen) atoms. The van der Waals surface area contributed by atoms with Gasteiger partial charge in [0.2, 0.25) is 5.88 Å². The van der Waals surface area contributed by atoms with Gasteiger partial charge in [-0.05, 0) is 36.6 Å². The molecule has 3 heterocycles. The Balaban J connectivity index is 1.59. The minimum Gasteiger partial charge on any atom is -0.481 e. The van der Waals surface area contributed by atoms with Gasteiger partial charge < -0.3 is 15.0 Å². The molecule has 0 atom stereocenters. The van der Waals surface area contributed by atoms with Gasteiger partial charge in [0.15, 0.2) is 0 Å². The Morgan fingerprint density at radius 3 is 2.64 bits per heavy atom. The molecule has 0 radical (unpaired) electrons. The quantitative estimate of drug-likeness (QED) is 0.531. The SMILES string of the molecule is COc1ccc(-c2ccc3[nH]c4ncnc(NC5CCCCC5)c4c3c2)cn1. The molecule has 1 aromatic carbocycles. The van der Waals surface area contributed by atoms with Gasteiger partial charge in [0.1, 0.15) is 17.8 Å². The van der Waals surface area contributed by atoms with Gasteiger partial charge in [-0.2, -0.15) is 0 Å². The van der Waals surface area contributed by atoms with E-state index in [1.807, 2.05) is 18.3 Å². The van der Waals surface area contributed by atoms with Gasteiger partial charge in [-0.25, -0.2) is 15.0 Å². The molecule has 4 aromatic rings. The van der Waals surface area contributed by atoms with Gasteiger partial charge in [-0.1, -0.05) is 25.3 Å². The second-order valence-electron chi connectivity index (χ2n) is 7.40. The van der Waals surface area contributed by atoms with Crippen LogP contribution in [-0.4, -0.2) is 33.1 Å². The van der Waals surface area contributed by atoms with Gasteiger partial charge in [0.05, 0.1) is 12.5 Å². The van der Waals surface area contributed by atoms with Crippen molar-refractivity contribution < 1.29 is 4.74 Å². The van der Waals surface area contributed by atoms with Crippen molar-refractivity contribution in [3.63, 3.8) is 0 Å². The summed E-state index contributed by atoms with van der Waals surface area (Å²) in [5, 5.41) is 5.86. The summed E-state index contributed by atoms with van der Waals surface area (Å²) in [5.41, 5.74) is 4.09. The Hall–Kier alpha value is -3.15. The molecule has 1 aliphatic rings. The predicted molar refractivity (Wildman–Crippen MR) is 112 cm³/mol. The van der Waals surface area contributed by atoms with Gasteiger partial charge in [0.25, 0.3) is 0 Å². The molecule has 1 aliphatic carbocycles. The fourth-order valence-corrected chi connectivity index (χ4v) is 4.12. The van der Waals surface area contributed by atoms with Crippen LogP contribution in [0.15, 0.2) is 42.9 Å². The Labute approximate surface area is 163 Å². The number of pyridine rings is 1. The molecule has 6 heteroatoms. The van der Waals surface area contributed by atoms with E-state index in [1.54, 1.807) is 13.4 Å². The number of fused-ring (bicyclic) bond motifs is 3. The number of ether oxygens (including phenoxy) is 1. The number of H-pyrrole nitrogens is 1. The highest BCUT2D eigenvalue weighted by molar-refractivity contribution is 6.12. The van der Waals surface area contributed by atoms with E-state index in [9.17, 15) is 0 Å². The first kappa shape index (κ1) is 17.0. The average Bonchev–Trinajstić information content (AvgIpc) is 3.13. The maximum atomic E-state index is 5.17. The largest absolute Gasteiger partial charge is 0.481 e. The van der Waals surface area contributed by atoms with Crippen molar-refractivity contribution in [2.75, 3.05) is 12.4 Å². The van der Waals surface area contributed by atoms with Crippen LogP contribution in [0.3, 0.4) is 0 Å².